The Labute approximate surface area is 145 Å². The summed E-state index contributed by atoms with van der Waals surface area (Å²) in [7, 11) is 0. The van der Waals surface area contributed by atoms with Crippen LogP contribution in [0.2, 0.25) is 0 Å². The first-order chi connectivity index (χ1) is 12.2. The molecule has 0 saturated heterocycles. The number of hydrogen-bond donors (Lipinski definition) is 0. The number of pyridine rings is 1. The van der Waals surface area contributed by atoms with Gasteiger partial charge in [-0.3, -0.25) is 9.69 Å². The number of aryl methyl sites for hydroxylation is 1. The maximum absolute atomic E-state index is 12.0. The zero-order chi connectivity index (χ0) is 17.4. The lowest BCUT2D eigenvalue weighted by Crippen LogP contribution is -2.34. The van der Waals surface area contributed by atoms with E-state index in [4.69, 9.17) is 0 Å². The Morgan fingerprint density at radius 3 is 3.04 bits per heavy atom. The lowest BCUT2D eigenvalue weighted by Gasteiger charge is -2.28. The summed E-state index contributed by atoms with van der Waals surface area (Å²) in [4.78, 5) is 14.3. The second kappa shape index (κ2) is 6.19. The van der Waals surface area contributed by atoms with Gasteiger partial charge in [0.05, 0.1) is 16.8 Å². The molecule has 0 aliphatic carbocycles. The first-order valence-electron chi connectivity index (χ1n) is 8.50. The van der Waals surface area contributed by atoms with Crippen molar-refractivity contribution in [1.29, 1.82) is 5.26 Å². The van der Waals surface area contributed by atoms with Gasteiger partial charge in [0.25, 0.3) is 5.56 Å². The smallest absolute Gasteiger partial charge is 0.267 e. The van der Waals surface area contributed by atoms with Crippen molar-refractivity contribution in [3.8, 4) is 6.07 Å². The van der Waals surface area contributed by atoms with Crippen LogP contribution >= 0.6 is 0 Å². The predicted molar refractivity (Wildman–Crippen MR) is 94.1 cm³/mol. The maximum Gasteiger partial charge on any atom is 0.267 e. The second-order valence-electron chi connectivity index (χ2n) is 6.37. The van der Waals surface area contributed by atoms with Crippen molar-refractivity contribution in [2.45, 2.75) is 33.0 Å². The van der Waals surface area contributed by atoms with Crippen LogP contribution in [0.3, 0.4) is 0 Å². The van der Waals surface area contributed by atoms with Gasteiger partial charge in [-0.2, -0.15) is 10.4 Å². The van der Waals surface area contributed by atoms with E-state index < -0.39 is 0 Å². The van der Waals surface area contributed by atoms with E-state index >= 15 is 0 Å². The van der Waals surface area contributed by atoms with Crippen molar-refractivity contribution >= 4 is 5.52 Å². The molecule has 0 N–H and O–H groups in total. The Morgan fingerprint density at radius 2 is 2.24 bits per heavy atom. The van der Waals surface area contributed by atoms with Crippen molar-refractivity contribution in [2.75, 3.05) is 6.54 Å². The van der Waals surface area contributed by atoms with Crippen molar-refractivity contribution in [3.05, 3.63) is 69.4 Å². The lowest BCUT2D eigenvalue weighted by atomic mass is 10.1. The molecule has 0 radical (unpaired) electrons. The number of fused-ring (bicyclic) bond motifs is 2. The van der Waals surface area contributed by atoms with E-state index in [9.17, 15) is 10.1 Å². The molecule has 4 rings (SSSR count). The van der Waals surface area contributed by atoms with E-state index in [1.54, 1.807) is 6.07 Å². The summed E-state index contributed by atoms with van der Waals surface area (Å²) in [6.45, 7) is 4.79. The molecule has 6 heteroatoms. The average Bonchev–Trinajstić information content (AvgIpc) is 2.98. The zero-order valence-electron chi connectivity index (χ0n) is 14.1. The topological polar surface area (TPSA) is 66.3 Å². The first kappa shape index (κ1) is 15.6. The molecule has 0 saturated carbocycles. The third kappa shape index (κ3) is 2.73. The first-order valence-corrected chi connectivity index (χ1v) is 8.50. The lowest BCUT2D eigenvalue weighted by molar-refractivity contribution is 0.241. The quantitative estimate of drug-likeness (QED) is 0.735. The van der Waals surface area contributed by atoms with Gasteiger partial charge >= 0.3 is 0 Å². The molecule has 126 valence electrons. The predicted octanol–water partition coefficient (Wildman–Crippen LogP) is 1.95. The molecule has 4 heterocycles. The molecule has 0 bridgehead atoms. The number of rotatable bonds is 3. The van der Waals surface area contributed by atoms with E-state index in [0.717, 1.165) is 40.9 Å². The molecule has 0 unspecified atom stereocenters. The van der Waals surface area contributed by atoms with Crippen LogP contribution in [0, 0.1) is 11.3 Å². The zero-order valence-corrected chi connectivity index (χ0v) is 14.1. The molecule has 0 fully saturated rings. The van der Waals surface area contributed by atoms with Crippen LogP contribution in [0.4, 0.5) is 0 Å². The number of hydrogen-bond acceptors (Lipinski definition) is 4. The van der Waals surface area contributed by atoms with Gasteiger partial charge in [0, 0.05) is 56.6 Å². The van der Waals surface area contributed by atoms with Crippen molar-refractivity contribution in [3.63, 3.8) is 0 Å². The Hall–Kier alpha value is -2.91. The maximum atomic E-state index is 12.0. The molecular formula is C19H19N5O. The number of nitrogens with zero attached hydrogens (tertiary/aromatic N) is 5. The third-order valence-corrected chi connectivity index (χ3v) is 4.79. The van der Waals surface area contributed by atoms with Crippen LogP contribution in [0.25, 0.3) is 5.52 Å². The van der Waals surface area contributed by atoms with Crippen LogP contribution < -0.4 is 5.56 Å². The fourth-order valence-corrected chi connectivity index (χ4v) is 3.53. The van der Waals surface area contributed by atoms with Gasteiger partial charge in [-0.25, -0.2) is 4.68 Å². The highest BCUT2D eigenvalue weighted by atomic mass is 16.1. The standard InChI is InChI=1S/C19H19N5O/c1-2-24-19(25)9-14-11-22(8-6-17(14)21-24)12-15-13-23-7-4-3-5-18(23)16(15)10-20/h3-5,7,9,13H,2,6,8,11-12H2,1H3. The monoisotopic (exact) mass is 333 g/mol. The summed E-state index contributed by atoms with van der Waals surface area (Å²) in [5.74, 6) is 0. The van der Waals surface area contributed by atoms with E-state index in [2.05, 4.69) is 16.1 Å². The number of aromatic nitrogens is 3. The summed E-state index contributed by atoms with van der Waals surface area (Å²) in [6, 6.07) is 9.91. The largest absolute Gasteiger partial charge is 0.322 e. The van der Waals surface area contributed by atoms with Crippen molar-refractivity contribution in [1.82, 2.24) is 19.1 Å². The van der Waals surface area contributed by atoms with Crippen LogP contribution in [0.1, 0.15) is 29.3 Å². The SMILES string of the molecule is CCn1nc2c(cc1=O)CN(Cc1cn3ccccc3c1C#N)CC2. The highest BCUT2D eigenvalue weighted by molar-refractivity contribution is 5.65. The van der Waals surface area contributed by atoms with E-state index in [1.807, 2.05) is 41.9 Å². The fourth-order valence-electron chi connectivity index (χ4n) is 3.53. The van der Waals surface area contributed by atoms with Gasteiger partial charge in [0.15, 0.2) is 0 Å². The number of nitriles is 1. The summed E-state index contributed by atoms with van der Waals surface area (Å²) in [6.07, 6.45) is 4.81. The van der Waals surface area contributed by atoms with Gasteiger partial charge in [-0.1, -0.05) is 6.07 Å². The molecule has 3 aromatic rings. The highest BCUT2D eigenvalue weighted by Gasteiger charge is 2.21. The minimum Gasteiger partial charge on any atom is -0.322 e. The van der Waals surface area contributed by atoms with Crippen LogP contribution in [-0.2, 0) is 26.1 Å². The van der Waals surface area contributed by atoms with Gasteiger partial charge in [-0.05, 0) is 24.6 Å². The molecular weight excluding hydrogens is 314 g/mol. The van der Waals surface area contributed by atoms with Gasteiger partial charge in [0.2, 0.25) is 0 Å². The summed E-state index contributed by atoms with van der Waals surface area (Å²) in [5, 5.41) is 14.0. The average molecular weight is 333 g/mol. The minimum atomic E-state index is -0.0459. The molecule has 0 aromatic carbocycles. The Bertz CT molecular complexity index is 1040. The van der Waals surface area contributed by atoms with Crippen molar-refractivity contribution in [2.24, 2.45) is 0 Å². The third-order valence-electron chi connectivity index (χ3n) is 4.79. The van der Waals surface area contributed by atoms with Crippen LogP contribution in [0.5, 0.6) is 0 Å². The highest BCUT2D eigenvalue weighted by Crippen LogP contribution is 2.22. The van der Waals surface area contributed by atoms with Gasteiger partial charge in [-0.15, -0.1) is 0 Å². The fraction of sp³-hybridized carbons (Fsp3) is 0.316. The summed E-state index contributed by atoms with van der Waals surface area (Å²) >= 11 is 0. The molecule has 6 nitrogen and oxygen atoms in total. The van der Waals surface area contributed by atoms with Gasteiger partial charge < -0.3 is 4.40 Å². The molecule has 1 aliphatic rings. The van der Waals surface area contributed by atoms with Crippen LogP contribution in [-0.4, -0.2) is 25.6 Å². The molecule has 25 heavy (non-hydrogen) atoms. The van der Waals surface area contributed by atoms with Crippen LogP contribution in [0.15, 0.2) is 41.5 Å². The molecule has 0 atom stereocenters. The van der Waals surface area contributed by atoms with Crippen molar-refractivity contribution < 1.29 is 0 Å². The van der Waals surface area contributed by atoms with E-state index in [-0.39, 0.29) is 5.56 Å². The Kier molecular flexibility index (Phi) is 3.86. The molecule has 0 amide bonds. The van der Waals surface area contributed by atoms with E-state index in [0.29, 0.717) is 19.6 Å². The molecule has 0 spiro atoms. The minimum absolute atomic E-state index is 0.0459. The normalized spacial score (nSPS) is 14.4. The van der Waals surface area contributed by atoms with Gasteiger partial charge in [0.1, 0.15) is 6.07 Å². The molecule has 1 aliphatic heterocycles. The Morgan fingerprint density at radius 1 is 1.36 bits per heavy atom. The molecule has 3 aromatic heterocycles. The summed E-state index contributed by atoms with van der Waals surface area (Å²) in [5.41, 5.74) is 4.65. The van der Waals surface area contributed by atoms with E-state index in [1.165, 1.54) is 4.68 Å². The Balaban J connectivity index is 1.62. The summed E-state index contributed by atoms with van der Waals surface area (Å²) < 4.78 is 3.51. The second-order valence-corrected chi connectivity index (χ2v) is 6.37.